The maximum Gasteiger partial charge on any atom is 0.134 e. The first-order valence-corrected chi connectivity index (χ1v) is 9.88. The van der Waals surface area contributed by atoms with Gasteiger partial charge in [-0.3, -0.25) is 14.9 Å². The number of aryl methyl sites for hydroxylation is 1. The third-order valence-corrected chi connectivity index (χ3v) is 5.47. The number of hydrogen-bond donors (Lipinski definition) is 0. The molecule has 0 unspecified atom stereocenters. The molecule has 7 nitrogen and oxygen atoms in total. The molecule has 0 radical (unpaired) electrons. The normalized spacial score (nSPS) is 18.5. The van der Waals surface area contributed by atoms with Gasteiger partial charge in [0.2, 0.25) is 0 Å². The SMILES string of the molecule is Cc1cnc(CN2CCC(N(c3cc(N(C)C)ncn3)C3CC3)CC2)cn1. The van der Waals surface area contributed by atoms with Crippen LogP contribution >= 0.6 is 0 Å². The predicted molar refractivity (Wildman–Crippen MR) is 107 cm³/mol. The standard InChI is InChI=1S/C20H29N7/c1-15-11-22-16(12-21-15)13-26-8-6-18(7-9-26)27(17-4-5-17)20-10-19(25(2)3)23-14-24-20/h10-12,14,17-18H,4-9,13H2,1-3H3. The van der Waals surface area contributed by atoms with Crippen LogP contribution in [-0.4, -0.2) is 64.1 Å². The first-order chi connectivity index (χ1) is 13.1. The summed E-state index contributed by atoms with van der Waals surface area (Å²) in [5.41, 5.74) is 2.03. The average Bonchev–Trinajstić information content (AvgIpc) is 3.50. The zero-order chi connectivity index (χ0) is 18.8. The largest absolute Gasteiger partial charge is 0.363 e. The summed E-state index contributed by atoms with van der Waals surface area (Å²) in [6, 6.07) is 3.34. The molecule has 1 saturated heterocycles. The van der Waals surface area contributed by atoms with Gasteiger partial charge in [-0.15, -0.1) is 0 Å². The molecule has 4 rings (SSSR count). The van der Waals surface area contributed by atoms with Crippen molar-refractivity contribution >= 4 is 11.6 Å². The molecule has 0 amide bonds. The van der Waals surface area contributed by atoms with Gasteiger partial charge in [-0.05, 0) is 32.6 Å². The monoisotopic (exact) mass is 367 g/mol. The molecule has 27 heavy (non-hydrogen) atoms. The predicted octanol–water partition coefficient (Wildman–Crippen LogP) is 2.27. The molecule has 0 aromatic carbocycles. The summed E-state index contributed by atoms with van der Waals surface area (Å²) in [5.74, 6) is 2.06. The Morgan fingerprint density at radius 3 is 2.26 bits per heavy atom. The van der Waals surface area contributed by atoms with Crippen LogP contribution in [-0.2, 0) is 6.54 Å². The highest BCUT2D eigenvalue weighted by molar-refractivity contribution is 5.51. The Kier molecular flexibility index (Phi) is 5.20. The summed E-state index contributed by atoms with van der Waals surface area (Å²) in [4.78, 5) is 25.0. The molecule has 3 heterocycles. The summed E-state index contributed by atoms with van der Waals surface area (Å²) < 4.78 is 0. The highest BCUT2D eigenvalue weighted by Gasteiger charge is 2.36. The zero-order valence-electron chi connectivity index (χ0n) is 16.5. The Hall–Kier alpha value is -2.28. The Labute approximate surface area is 161 Å². The first-order valence-electron chi connectivity index (χ1n) is 9.88. The highest BCUT2D eigenvalue weighted by Crippen LogP contribution is 2.36. The van der Waals surface area contributed by atoms with Crippen LogP contribution in [0.3, 0.4) is 0 Å². The lowest BCUT2D eigenvalue weighted by Gasteiger charge is -2.39. The Morgan fingerprint density at radius 2 is 1.63 bits per heavy atom. The van der Waals surface area contributed by atoms with Crippen LogP contribution < -0.4 is 9.80 Å². The Morgan fingerprint density at radius 1 is 0.926 bits per heavy atom. The molecule has 0 atom stereocenters. The number of anilines is 2. The second kappa shape index (κ2) is 7.76. The molecule has 144 valence electrons. The van der Waals surface area contributed by atoms with Crippen LogP contribution in [0.15, 0.2) is 24.8 Å². The van der Waals surface area contributed by atoms with Gasteiger partial charge in [-0.1, -0.05) is 0 Å². The van der Waals surface area contributed by atoms with Crippen molar-refractivity contribution in [3.05, 3.63) is 36.2 Å². The number of likely N-dealkylation sites (tertiary alicyclic amines) is 1. The van der Waals surface area contributed by atoms with Crippen molar-refractivity contribution in [3.8, 4) is 0 Å². The molecule has 2 aromatic heterocycles. The van der Waals surface area contributed by atoms with E-state index in [9.17, 15) is 0 Å². The van der Waals surface area contributed by atoms with E-state index in [-0.39, 0.29) is 0 Å². The van der Waals surface area contributed by atoms with E-state index < -0.39 is 0 Å². The summed E-state index contributed by atoms with van der Waals surface area (Å²) in [6.07, 6.45) is 10.3. The third-order valence-electron chi connectivity index (χ3n) is 5.47. The second-order valence-electron chi connectivity index (χ2n) is 7.92. The summed E-state index contributed by atoms with van der Waals surface area (Å²) in [6.45, 7) is 5.05. The topological polar surface area (TPSA) is 61.3 Å². The van der Waals surface area contributed by atoms with E-state index in [2.05, 4.69) is 35.8 Å². The van der Waals surface area contributed by atoms with Gasteiger partial charge in [0.25, 0.3) is 0 Å². The van der Waals surface area contributed by atoms with E-state index in [0.717, 1.165) is 55.5 Å². The molecule has 1 aliphatic carbocycles. The van der Waals surface area contributed by atoms with Gasteiger partial charge in [0, 0.05) is 64.3 Å². The van der Waals surface area contributed by atoms with E-state index in [4.69, 9.17) is 0 Å². The summed E-state index contributed by atoms with van der Waals surface area (Å²) in [7, 11) is 4.06. The third kappa shape index (κ3) is 4.35. The minimum absolute atomic E-state index is 0.558. The summed E-state index contributed by atoms with van der Waals surface area (Å²) in [5, 5.41) is 0. The van der Waals surface area contributed by atoms with Crippen molar-refractivity contribution in [2.45, 2.75) is 51.2 Å². The van der Waals surface area contributed by atoms with Crippen LogP contribution in [0.5, 0.6) is 0 Å². The number of nitrogens with zero attached hydrogens (tertiary/aromatic N) is 7. The van der Waals surface area contributed by atoms with Gasteiger partial charge < -0.3 is 9.80 Å². The van der Waals surface area contributed by atoms with Crippen molar-refractivity contribution < 1.29 is 0 Å². The van der Waals surface area contributed by atoms with Crippen molar-refractivity contribution in [2.24, 2.45) is 0 Å². The highest BCUT2D eigenvalue weighted by atomic mass is 15.3. The van der Waals surface area contributed by atoms with Crippen LogP contribution in [0.1, 0.15) is 37.1 Å². The van der Waals surface area contributed by atoms with Crippen molar-refractivity contribution in [1.82, 2.24) is 24.8 Å². The van der Waals surface area contributed by atoms with Gasteiger partial charge in [-0.25, -0.2) is 9.97 Å². The van der Waals surface area contributed by atoms with Gasteiger partial charge in [0.15, 0.2) is 0 Å². The van der Waals surface area contributed by atoms with Crippen molar-refractivity contribution in [3.63, 3.8) is 0 Å². The zero-order valence-corrected chi connectivity index (χ0v) is 16.5. The van der Waals surface area contributed by atoms with Crippen molar-refractivity contribution in [2.75, 3.05) is 37.0 Å². The average molecular weight is 368 g/mol. The fourth-order valence-electron chi connectivity index (χ4n) is 3.83. The van der Waals surface area contributed by atoms with E-state index in [1.807, 2.05) is 38.3 Å². The molecule has 2 fully saturated rings. The van der Waals surface area contributed by atoms with Crippen LogP contribution in [0.4, 0.5) is 11.6 Å². The molecule has 0 N–H and O–H groups in total. The van der Waals surface area contributed by atoms with Gasteiger partial charge in [0.05, 0.1) is 11.4 Å². The van der Waals surface area contributed by atoms with Gasteiger partial charge >= 0.3 is 0 Å². The lowest BCUT2D eigenvalue weighted by Crippen LogP contribution is -2.46. The fraction of sp³-hybridized carbons (Fsp3) is 0.600. The van der Waals surface area contributed by atoms with Gasteiger partial charge in [0.1, 0.15) is 18.0 Å². The van der Waals surface area contributed by atoms with Crippen LogP contribution in [0.25, 0.3) is 0 Å². The minimum Gasteiger partial charge on any atom is -0.363 e. The molecule has 2 aromatic rings. The van der Waals surface area contributed by atoms with Crippen LogP contribution in [0, 0.1) is 6.92 Å². The van der Waals surface area contributed by atoms with E-state index >= 15 is 0 Å². The van der Waals surface area contributed by atoms with Crippen LogP contribution in [0.2, 0.25) is 0 Å². The molecule has 2 aliphatic rings. The van der Waals surface area contributed by atoms with Crippen molar-refractivity contribution in [1.29, 1.82) is 0 Å². The van der Waals surface area contributed by atoms with Gasteiger partial charge in [-0.2, -0.15) is 0 Å². The maximum absolute atomic E-state index is 4.61. The molecule has 7 heteroatoms. The number of aromatic nitrogens is 4. The smallest absolute Gasteiger partial charge is 0.134 e. The van der Waals surface area contributed by atoms with E-state index in [0.29, 0.717) is 12.1 Å². The number of rotatable bonds is 6. The molecule has 1 saturated carbocycles. The molecule has 1 aliphatic heterocycles. The summed E-state index contributed by atoms with van der Waals surface area (Å²) >= 11 is 0. The minimum atomic E-state index is 0.558. The lowest BCUT2D eigenvalue weighted by atomic mass is 10.0. The Bertz CT molecular complexity index is 749. The molecular weight excluding hydrogens is 338 g/mol. The quantitative estimate of drug-likeness (QED) is 0.776. The van der Waals surface area contributed by atoms with E-state index in [1.54, 1.807) is 6.33 Å². The first kappa shape index (κ1) is 18.1. The van der Waals surface area contributed by atoms with E-state index in [1.165, 1.54) is 12.8 Å². The second-order valence-corrected chi connectivity index (χ2v) is 7.92. The lowest BCUT2D eigenvalue weighted by molar-refractivity contribution is 0.198. The molecule has 0 bridgehead atoms. The number of hydrogen-bond acceptors (Lipinski definition) is 7. The molecular formula is C20H29N7. The fourth-order valence-corrected chi connectivity index (χ4v) is 3.83. The number of piperidine rings is 1. The molecule has 0 spiro atoms. The maximum atomic E-state index is 4.61. The Balaban J connectivity index is 1.41.